The molecule has 0 aromatic rings. The monoisotopic (exact) mass is 255 g/mol. The van der Waals surface area contributed by atoms with Crippen molar-refractivity contribution >= 4 is 0 Å². The molecule has 1 fully saturated rings. The minimum atomic E-state index is 0.637. The summed E-state index contributed by atoms with van der Waals surface area (Å²) < 4.78 is 0. The highest BCUT2D eigenvalue weighted by atomic mass is 15.2. The van der Waals surface area contributed by atoms with Gasteiger partial charge >= 0.3 is 0 Å². The molecule has 0 spiro atoms. The normalized spacial score (nSPS) is 21.3. The molecule has 0 bridgehead atoms. The van der Waals surface area contributed by atoms with Gasteiger partial charge in [0.15, 0.2) is 0 Å². The molecule has 0 saturated carbocycles. The molecule has 18 heavy (non-hydrogen) atoms. The van der Waals surface area contributed by atoms with Gasteiger partial charge in [-0.15, -0.1) is 0 Å². The molecule has 0 aromatic heterocycles. The molecule has 0 aromatic carbocycles. The minimum absolute atomic E-state index is 0.637. The first-order valence-electron chi connectivity index (χ1n) is 7.71. The van der Waals surface area contributed by atoms with E-state index in [1.165, 1.54) is 58.3 Å². The summed E-state index contributed by atoms with van der Waals surface area (Å²) in [4.78, 5) is 5.01. The third kappa shape index (κ3) is 6.72. The van der Waals surface area contributed by atoms with E-state index in [0.717, 1.165) is 6.04 Å². The van der Waals surface area contributed by atoms with Crippen LogP contribution in [0, 0.1) is 0 Å². The molecule has 108 valence electrons. The highest BCUT2D eigenvalue weighted by molar-refractivity contribution is 4.80. The van der Waals surface area contributed by atoms with Crippen LogP contribution in [0.1, 0.15) is 46.0 Å². The van der Waals surface area contributed by atoms with Gasteiger partial charge in [0, 0.05) is 18.6 Å². The molecule has 3 nitrogen and oxygen atoms in total. The van der Waals surface area contributed by atoms with Crippen LogP contribution in [0.15, 0.2) is 0 Å². The van der Waals surface area contributed by atoms with Crippen molar-refractivity contribution in [1.29, 1.82) is 0 Å². The molecular weight excluding hydrogens is 222 g/mol. The van der Waals surface area contributed by atoms with E-state index >= 15 is 0 Å². The SMILES string of the molecule is CC(C)NCCCCCCN1CCC(N(C)C)C1. The fourth-order valence-electron chi connectivity index (χ4n) is 2.64. The maximum atomic E-state index is 3.48. The second-order valence-electron chi connectivity index (χ2n) is 6.23. The molecule has 0 radical (unpaired) electrons. The molecule has 1 aliphatic heterocycles. The molecule has 1 aliphatic rings. The lowest BCUT2D eigenvalue weighted by atomic mass is 10.2. The Morgan fingerprint density at radius 1 is 1.17 bits per heavy atom. The molecule has 0 aliphatic carbocycles. The van der Waals surface area contributed by atoms with Gasteiger partial charge in [-0.1, -0.05) is 26.7 Å². The van der Waals surface area contributed by atoms with E-state index in [9.17, 15) is 0 Å². The van der Waals surface area contributed by atoms with Crippen molar-refractivity contribution < 1.29 is 0 Å². The van der Waals surface area contributed by atoms with Crippen LogP contribution >= 0.6 is 0 Å². The van der Waals surface area contributed by atoms with Crippen LogP contribution in [0.3, 0.4) is 0 Å². The lowest BCUT2D eigenvalue weighted by molar-refractivity contribution is 0.265. The number of hydrogen-bond donors (Lipinski definition) is 1. The maximum Gasteiger partial charge on any atom is 0.0229 e. The Bertz CT molecular complexity index is 204. The Kier molecular flexibility index (Phi) is 7.87. The zero-order valence-electron chi connectivity index (χ0n) is 12.9. The standard InChI is InChI=1S/C15H33N3/c1-14(2)16-10-7-5-6-8-11-18-12-9-15(13-18)17(3)4/h14-16H,5-13H2,1-4H3. The van der Waals surface area contributed by atoms with E-state index in [0.29, 0.717) is 6.04 Å². The lowest BCUT2D eigenvalue weighted by Crippen LogP contribution is -2.31. The van der Waals surface area contributed by atoms with Crippen LogP contribution in [0.25, 0.3) is 0 Å². The number of likely N-dealkylation sites (tertiary alicyclic amines) is 1. The fourth-order valence-corrected chi connectivity index (χ4v) is 2.64. The van der Waals surface area contributed by atoms with E-state index in [1.807, 2.05) is 0 Å². The average molecular weight is 255 g/mol. The fraction of sp³-hybridized carbons (Fsp3) is 1.00. The predicted octanol–water partition coefficient (Wildman–Crippen LogP) is 2.18. The lowest BCUT2D eigenvalue weighted by Gasteiger charge is -2.20. The van der Waals surface area contributed by atoms with Gasteiger partial charge in [0.1, 0.15) is 0 Å². The van der Waals surface area contributed by atoms with Crippen LogP contribution < -0.4 is 5.32 Å². The van der Waals surface area contributed by atoms with Crippen LogP contribution in [0.2, 0.25) is 0 Å². The Morgan fingerprint density at radius 3 is 2.50 bits per heavy atom. The molecule has 1 unspecified atom stereocenters. The van der Waals surface area contributed by atoms with Crippen LogP contribution in [0.4, 0.5) is 0 Å². The smallest absolute Gasteiger partial charge is 0.0229 e. The van der Waals surface area contributed by atoms with Crippen molar-refractivity contribution in [3.05, 3.63) is 0 Å². The molecular formula is C15H33N3. The van der Waals surface area contributed by atoms with Crippen molar-refractivity contribution in [3.8, 4) is 0 Å². The molecule has 1 atom stereocenters. The molecule has 1 rings (SSSR count). The topological polar surface area (TPSA) is 18.5 Å². The van der Waals surface area contributed by atoms with Crippen molar-refractivity contribution in [2.24, 2.45) is 0 Å². The zero-order valence-corrected chi connectivity index (χ0v) is 12.9. The molecule has 1 N–H and O–H groups in total. The highest BCUT2D eigenvalue weighted by Gasteiger charge is 2.22. The average Bonchev–Trinajstić information content (AvgIpc) is 2.76. The van der Waals surface area contributed by atoms with Crippen molar-refractivity contribution in [2.75, 3.05) is 40.3 Å². The summed E-state index contributed by atoms with van der Waals surface area (Å²) in [5.74, 6) is 0. The Morgan fingerprint density at radius 2 is 1.89 bits per heavy atom. The van der Waals surface area contributed by atoms with Crippen molar-refractivity contribution in [2.45, 2.75) is 58.0 Å². The van der Waals surface area contributed by atoms with Gasteiger partial charge < -0.3 is 15.1 Å². The molecule has 1 heterocycles. The van der Waals surface area contributed by atoms with Crippen molar-refractivity contribution in [1.82, 2.24) is 15.1 Å². The number of hydrogen-bond acceptors (Lipinski definition) is 3. The summed E-state index contributed by atoms with van der Waals surface area (Å²) in [6.45, 7) is 9.51. The number of nitrogens with zero attached hydrogens (tertiary/aromatic N) is 2. The van der Waals surface area contributed by atoms with Gasteiger partial charge in [-0.05, 0) is 53.0 Å². The quantitative estimate of drug-likeness (QED) is 0.637. The van der Waals surface area contributed by atoms with E-state index in [1.54, 1.807) is 0 Å². The molecule has 0 amide bonds. The molecule has 3 heteroatoms. The summed E-state index contributed by atoms with van der Waals surface area (Å²) >= 11 is 0. The van der Waals surface area contributed by atoms with Gasteiger partial charge in [-0.25, -0.2) is 0 Å². The van der Waals surface area contributed by atoms with E-state index in [-0.39, 0.29) is 0 Å². The van der Waals surface area contributed by atoms with Gasteiger partial charge in [0.05, 0.1) is 0 Å². The van der Waals surface area contributed by atoms with Crippen LogP contribution in [-0.4, -0.2) is 62.2 Å². The predicted molar refractivity (Wildman–Crippen MR) is 80.1 cm³/mol. The first-order valence-corrected chi connectivity index (χ1v) is 7.71. The Balaban J connectivity index is 1.90. The number of rotatable bonds is 9. The minimum Gasteiger partial charge on any atom is -0.315 e. The van der Waals surface area contributed by atoms with E-state index in [2.05, 4.69) is 43.1 Å². The largest absolute Gasteiger partial charge is 0.315 e. The summed E-state index contributed by atoms with van der Waals surface area (Å²) in [6, 6.07) is 1.43. The zero-order chi connectivity index (χ0) is 13.4. The maximum absolute atomic E-state index is 3.48. The van der Waals surface area contributed by atoms with Gasteiger partial charge in [0.25, 0.3) is 0 Å². The molecule has 1 saturated heterocycles. The van der Waals surface area contributed by atoms with E-state index in [4.69, 9.17) is 0 Å². The van der Waals surface area contributed by atoms with Crippen LogP contribution in [0.5, 0.6) is 0 Å². The first-order chi connectivity index (χ1) is 8.59. The number of nitrogens with one attached hydrogen (secondary N) is 1. The van der Waals surface area contributed by atoms with Gasteiger partial charge in [-0.3, -0.25) is 0 Å². The highest BCUT2D eigenvalue weighted by Crippen LogP contribution is 2.14. The van der Waals surface area contributed by atoms with Gasteiger partial charge in [-0.2, -0.15) is 0 Å². The number of unbranched alkanes of at least 4 members (excludes halogenated alkanes) is 3. The third-order valence-electron chi connectivity index (χ3n) is 3.93. The summed E-state index contributed by atoms with van der Waals surface area (Å²) in [7, 11) is 4.41. The second-order valence-corrected chi connectivity index (χ2v) is 6.23. The van der Waals surface area contributed by atoms with Gasteiger partial charge in [0.2, 0.25) is 0 Å². The van der Waals surface area contributed by atoms with Crippen LogP contribution in [-0.2, 0) is 0 Å². The third-order valence-corrected chi connectivity index (χ3v) is 3.93. The number of likely N-dealkylation sites (N-methyl/N-ethyl adjacent to an activating group) is 1. The second kappa shape index (κ2) is 8.89. The first kappa shape index (κ1) is 15.9. The summed E-state index contributed by atoms with van der Waals surface area (Å²) in [5, 5.41) is 3.48. The Labute approximate surface area is 114 Å². The van der Waals surface area contributed by atoms with Crippen molar-refractivity contribution in [3.63, 3.8) is 0 Å². The summed E-state index contributed by atoms with van der Waals surface area (Å²) in [6.07, 6.45) is 6.83. The summed E-state index contributed by atoms with van der Waals surface area (Å²) in [5.41, 5.74) is 0. The van der Waals surface area contributed by atoms with E-state index < -0.39 is 0 Å². The Hall–Kier alpha value is -0.120.